The second-order valence-corrected chi connectivity index (χ2v) is 9.28. The number of fused-ring (bicyclic) bond motifs is 5. The molecule has 0 aliphatic carbocycles. The van der Waals surface area contributed by atoms with Crippen LogP contribution in [0.2, 0.25) is 0 Å². The highest BCUT2D eigenvalue weighted by molar-refractivity contribution is 7.99. The number of carbonyl (C=O) groups excluding carboxylic acids is 1. The van der Waals surface area contributed by atoms with E-state index in [0.29, 0.717) is 40.5 Å². The number of hydrogen-bond acceptors (Lipinski definition) is 8. The fourth-order valence-electron chi connectivity index (χ4n) is 5.01. The molecular weight excluding hydrogens is 452 g/mol. The summed E-state index contributed by atoms with van der Waals surface area (Å²) in [4.78, 5) is 31.6. The minimum absolute atomic E-state index is 0. The van der Waals surface area contributed by atoms with Gasteiger partial charge in [0.2, 0.25) is 0 Å². The molecule has 3 aliphatic heterocycles. The molecule has 3 aliphatic rings. The second kappa shape index (κ2) is 6.95. The molecule has 1 unspecified atom stereocenters. The Bertz CT molecular complexity index is 1410. The molecule has 0 bridgehead atoms. The van der Waals surface area contributed by atoms with Gasteiger partial charge in [0.1, 0.15) is 6.61 Å². The number of pyridine rings is 2. The van der Waals surface area contributed by atoms with Crippen molar-refractivity contribution in [2.24, 2.45) is 5.73 Å². The summed E-state index contributed by atoms with van der Waals surface area (Å²) in [6.45, 7) is 1.87. The maximum atomic E-state index is 13.4. The largest absolute Gasteiger partial charge is 0.458 e. The highest BCUT2D eigenvalue weighted by Gasteiger charge is 2.45. The minimum Gasteiger partial charge on any atom is -0.458 e. The summed E-state index contributed by atoms with van der Waals surface area (Å²) in [7, 11) is 0. The average Bonchev–Trinajstić information content (AvgIpc) is 3.13. The molecule has 0 saturated carbocycles. The molecule has 0 saturated heterocycles. The Kier molecular flexibility index (Phi) is 4.62. The van der Waals surface area contributed by atoms with Gasteiger partial charge < -0.3 is 25.9 Å². The smallest absolute Gasteiger partial charge is 0.343 e. The van der Waals surface area contributed by atoms with Crippen LogP contribution in [0.3, 0.4) is 0 Å². The summed E-state index contributed by atoms with van der Waals surface area (Å²) >= 11 is 1.63. The minimum atomic E-state index is -1.84. The van der Waals surface area contributed by atoms with Crippen LogP contribution in [0.5, 0.6) is 0 Å². The van der Waals surface area contributed by atoms with Crippen molar-refractivity contribution in [2.75, 3.05) is 11.5 Å². The summed E-state index contributed by atoms with van der Waals surface area (Å²) in [6, 6.07) is 5.22. The summed E-state index contributed by atoms with van der Waals surface area (Å²) in [5.41, 5.74) is 15.8. The first-order valence-corrected chi connectivity index (χ1v) is 11.1. The highest BCUT2D eigenvalue weighted by atomic mass is 35.5. The number of carbonyl (C=O) groups is 1. The van der Waals surface area contributed by atoms with Crippen molar-refractivity contribution < 1.29 is 14.6 Å². The number of cyclic esters (lactones) is 1. The van der Waals surface area contributed by atoms with Crippen LogP contribution in [0.1, 0.15) is 41.6 Å². The number of thioether (sulfide) groups is 1. The molecule has 5 heterocycles. The zero-order valence-electron chi connectivity index (χ0n) is 17.2. The van der Waals surface area contributed by atoms with E-state index in [1.807, 2.05) is 12.1 Å². The number of nitrogen functional groups attached to an aromatic ring is 1. The quantitative estimate of drug-likeness (QED) is 0.283. The molecule has 0 radical (unpaired) electrons. The molecule has 2 aromatic heterocycles. The molecular formula is C22H21ClN4O4S. The fraction of sp³-hybridized carbons (Fsp3) is 0.318. The molecule has 10 heteroatoms. The van der Waals surface area contributed by atoms with Crippen molar-refractivity contribution in [3.05, 3.63) is 50.8 Å². The van der Waals surface area contributed by atoms with Gasteiger partial charge in [-0.25, -0.2) is 9.78 Å². The molecule has 0 amide bonds. The van der Waals surface area contributed by atoms with E-state index in [9.17, 15) is 14.7 Å². The number of anilines is 1. The lowest BCUT2D eigenvalue weighted by Gasteiger charge is -2.31. The van der Waals surface area contributed by atoms with E-state index < -0.39 is 11.6 Å². The third kappa shape index (κ3) is 2.50. The van der Waals surface area contributed by atoms with E-state index in [0.717, 1.165) is 26.9 Å². The van der Waals surface area contributed by atoms with Crippen LogP contribution >= 0.6 is 24.2 Å². The van der Waals surface area contributed by atoms with Crippen molar-refractivity contribution in [1.82, 2.24) is 9.55 Å². The Labute approximate surface area is 193 Å². The zero-order chi connectivity index (χ0) is 21.7. The van der Waals surface area contributed by atoms with E-state index in [2.05, 4.69) is 0 Å². The monoisotopic (exact) mass is 472 g/mol. The van der Waals surface area contributed by atoms with Crippen molar-refractivity contribution in [3.63, 3.8) is 0 Å². The van der Waals surface area contributed by atoms with Crippen LogP contribution in [0.4, 0.5) is 5.69 Å². The first-order chi connectivity index (χ1) is 14.8. The number of esters is 1. The fourth-order valence-corrected chi connectivity index (χ4v) is 6.12. The standard InChI is InChI=1S/C22H20N4O4S.ClH/c1-2-22(29)11-5-15-18-9(6-26(15)20(27)10(11)7-30-21(22)28)16-13(24)8-31-19-12(23)3-4-14(25-18)17(16)19;/h3-5,13,29H,2,6-8,23-24H2,1H3;1H/t13?,22-;/m0./s1. The van der Waals surface area contributed by atoms with Crippen LogP contribution in [-0.2, 0) is 28.3 Å². The second-order valence-electron chi connectivity index (χ2n) is 8.25. The normalized spacial score (nSPS) is 22.6. The van der Waals surface area contributed by atoms with Gasteiger partial charge in [-0.05, 0) is 30.2 Å². The Hall–Kier alpha value is -2.59. The van der Waals surface area contributed by atoms with Crippen molar-refractivity contribution in [3.8, 4) is 11.4 Å². The molecule has 32 heavy (non-hydrogen) atoms. The van der Waals surface area contributed by atoms with Crippen molar-refractivity contribution >= 4 is 46.7 Å². The number of nitrogens with zero attached hydrogens (tertiary/aromatic N) is 2. The molecule has 5 N–H and O–H groups in total. The molecule has 2 atom stereocenters. The third-order valence-corrected chi connectivity index (χ3v) is 7.91. The molecule has 0 fully saturated rings. The lowest BCUT2D eigenvalue weighted by molar-refractivity contribution is -0.172. The molecule has 166 valence electrons. The number of hydrogen-bond donors (Lipinski definition) is 3. The van der Waals surface area contributed by atoms with Gasteiger partial charge in [0.25, 0.3) is 5.56 Å². The van der Waals surface area contributed by atoms with E-state index >= 15 is 0 Å². The van der Waals surface area contributed by atoms with E-state index in [1.54, 1.807) is 29.3 Å². The Morgan fingerprint density at radius 2 is 2.12 bits per heavy atom. The summed E-state index contributed by atoms with van der Waals surface area (Å²) in [5, 5.41) is 12.0. The number of halogens is 1. The summed E-state index contributed by atoms with van der Waals surface area (Å²) < 4.78 is 6.77. The first-order valence-electron chi connectivity index (χ1n) is 10.2. The van der Waals surface area contributed by atoms with Gasteiger partial charge in [0.15, 0.2) is 5.60 Å². The SMILES string of the molecule is CC[C@@]1(O)C(=O)OCc2c1cc1n(c2=O)Cc2c-1nc1ccc(N)c3c1c2C(N)CS3.Cl. The van der Waals surface area contributed by atoms with Gasteiger partial charge in [0, 0.05) is 38.9 Å². The van der Waals surface area contributed by atoms with E-state index in [4.69, 9.17) is 21.2 Å². The topological polar surface area (TPSA) is 133 Å². The number of benzene rings is 1. The molecule has 3 aromatic rings. The molecule has 6 rings (SSSR count). The number of ether oxygens (including phenoxy) is 1. The lowest BCUT2D eigenvalue weighted by Crippen LogP contribution is -2.44. The number of nitrogens with two attached hydrogens (primary N) is 2. The van der Waals surface area contributed by atoms with Gasteiger partial charge >= 0.3 is 5.97 Å². The van der Waals surface area contributed by atoms with E-state index in [-0.39, 0.29) is 37.0 Å². The maximum absolute atomic E-state index is 13.4. The third-order valence-electron chi connectivity index (χ3n) is 6.66. The Morgan fingerprint density at radius 3 is 2.88 bits per heavy atom. The van der Waals surface area contributed by atoms with Crippen LogP contribution in [0.15, 0.2) is 27.9 Å². The predicted octanol–water partition coefficient (Wildman–Crippen LogP) is 2.19. The van der Waals surface area contributed by atoms with Gasteiger partial charge in [-0.15, -0.1) is 24.2 Å². The molecule has 1 aromatic carbocycles. The number of rotatable bonds is 1. The van der Waals surface area contributed by atoms with Gasteiger partial charge in [-0.2, -0.15) is 0 Å². The van der Waals surface area contributed by atoms with Gasteiger partial charge in [0.05, 0.1) is 29.0 Å². The maximum Gasteiger partial charge on any atom is 0.343 e. The van der Waals surface area contributed by atoms with E-state index in [1.165, 1.54) is 0 Å². The van der Waals surface area contributed by atoms with Crippen LogP contribution in [-0.4, -0.2) is 26.4 Å². The van der Waals surface area contributed by atoms with Crippen molar-refractivity contribution in [1.29, 1.82) is 0 Å². The summed E-state index contributed by atoms with van der Waals surface area (Å²) in [5.74, 6) is -0.0438. The van der Waals surface area contributed by atoms with Gasteiger partial charge in [-0.3, -0.25) is 4.79 Å². The summed E-state index contributed by atoms with van der Waals surface area (Å²) in [6.07, 6.45) is 0.107. The number of aromatic nitrogens is 2. The zero-order valence-corrected chi connectivity index (χ0v) is 18.8. The van der Waals surface area contributed by atoms with Gasteiger partial charge in [-0.1, -0.05) is 6.92 Å². The van der Waals surface area contributed by atoms with Crippen molar-refractivity contribution in [2.45, 2.75) is 43.0 Å². The van der Waals surface area contributed by atoms with Crippen LogP contribution < -0.4 is 17.0 Å². The Morgan fingerprint density at radius 1 is 1.34 bits per heavy atom. The van der Waals surface area contributed by atoms with Crippen LogP contribution in [0.25, 0.3) is 22.3 Å². The van der Waals surface area contributed by atoms with Crippen LogP contribution in [0, 0.1) is 0 Å². The Balaban J connectivity index is 0.00000216. The molecule has 0 spiro atoms. The predicted molar refractivity (Wildman–Crippen MR) is 124 cm³/mol. The highest BCUT2D eigenvalue weighted by Crippen LogP contribution is 2.47. The first kappa shape index (κ1) is 21.3. The average molecular weight is 473 g/mol. The lowest BCUT2D eigenvalue weighted by atomic mass is 9.86. The molecule has 8 nitrogen and oxygen atoms in total. The number of aliphatic hydroxyl groups is 1.